The van der Waals surface area contributed by atoms with Gasteiger partial charge in [-0.25, -0.2) is 0 Å². The molecule has 2 heterocycles. The molecule has 2 aromatic rings. The molecule has 1 aromatic heterocycles. The number of halogens is 3. The smallest absolute Gasteiger partial charge is 0.380 e. The maximum atomic E-state index is 13.3. The molecular formula is C22H23F3N4O4. The van der Waals surface area contributed by atoms with Crippen LogP contribution in [0, 0.1) is 0 Å². The Labute approximate surface area is 187 Å². The standard InChI is InChI=1S/C22H23F3N4O4/c23-22(24,25)20-27-17(28-33-20)12-6-7-13-11-29(18(30)14(13)10-12)16-5-2-1-4-15(16)26-19(31)21(32)8-3-9-21/h6-7,10,15-16,32H,1-5,8-9,11H2,(H,26,31)/t15-,16-/m1/s1. The summed E-state index contributed by atoms with van der Waals surface area (Å²) >= 11 is 0. The van der Waals surface area contributed by atoms with Crippen molar-refractivity contribution in [1.29, 1.82) is 0 Å². The van der Waals surface area contributed by atoms with Crippen LogP contribution in [0.25, 0.3) is 11.4 Å². The van der Waals surface area contributed by atoms with Crippen LogP contribution in [0.2, 0.25) is 0 Å². The van der Waals surface area contributed by atoms with Crippen molar-refractivity contribution >= 4 is 11.8 Å². The maximum absolute atomic E-state index is 13.3. The Bertz CT molecular complexity index is 1100. The molecule has 2 N–H and O–H groups in total. The summed E-state index contributed by atoms with van der Waals surface area (Å²) in [6, 6.07) is 4.24. The summed E-state index contributed by atoms with van der Waals surface area (Å²) in [5.74, 6) is -2.32. The van der Waals surface area contributed by atoms with E-state index in [2.05, 4.69) is 20.0 Å². The Morgan fingerprint density at radius 3 is 2.64 bits per heavy atom. The second-order valence-electron chi connectivity index (χ2n) is 9.04. The Morgan fingerprint density at radius 2 is 1.97 bits per heavy atom. The summed E-state index contributed by atoms with van der Waals surface area (Å²) in [5.41, 5.74) is 0.0639. The zero-order valence-electron chi connectivity index (χ0n) is 17.7. The minimum absolute atomic E-state index is 0.225. The van der Waals surface area contributed by atoms with Crippen molar-refractivity contribution in [2.75, 3.05) is 0 Å². The number of carbonyl (C=O) groups is 2. The number of fused-ring (bicyclic) bond motifs is 1. The van der Waals surface area contributed by atoms with Crippen molar-refractivity contribution in [2.24, 2.45) is 0 Å². The van der Waals surface area contributed by atoms with Gasteiger partial charge in [0.15, 0.2) is 0 Å². The van der Waals surface area contributed by atoms with Crippen LogP contribution < -0.4 is 5.32 Å². The largest absolute Gasteiger partial charge is 0.471 e. The van der Waals surface area contributed by atoms with Gasteiger partial charge in [-0.1, -0.05) is 30.1 Å². The Kier molecular flexibility index (Phi) is 5.19. The second kappa shape index (κ2) is 7.82. The summed E-state index contributed by atoms with van der Waals surface area (Å²) in [5, 5.41) is 16.7. The molecule has 2 amide bonds. The number of hydrogen-bond donors (Lipinski definition) is 2. The molecule has 0 unspecified atom stereocenters. The highest BCUT2D eigenvalue weighted by Crippen LogP contribution is 2.36. The molecule has 3 aliphatic rings. The third-order valence-electron chi connectivity index (χ3n) is 6.92. The van der Waals surface area contributed by atoms with E-state index in [4.69, 9.17) is 0 Å². The first-order chi connectivity index (χ1) is 15.7. The summed E-state index contributed by atoms with van der Waals surface area (Å²) in [6.45, 7) is 0.343. The molecule has 2 atom stereocenters. The SMILES string of the molecule is O=C1c2cc(-c3noc(C(F)(F)F)n3)ccc2CN1[C@@H]1CCCC[C@H]1NC(=O)C1(O)CCC1. The molecule has 0 radical (unpaired) electrons. The molecule has 0 bridgehead atoms. The van der Waals surface area contributed by atoms with Crippen LogP contribution in [0.4, 0.5) is 13.2 Å². The number of nitrogens with zero attached hydrogens (tertiary/aromatic N) is 3. The van der Waals surface area contributed by atoms with Crippen molar-refractivity contribution in [3.8, 4) is 11.4 Å². The van der Waals surface area contributed by atoms with Gasteiger partial charge in [0.2, 0.25) is 5.82 Å². The fourth-order valence-electron chi connectivity index (χ4n) is 4.88. The third-order valence-corrected chi connectivity index (χ3v) is 6.92. The van der Waals surface area contributed by atoms with Crippen LogP contribution in [-0.4, -0.2) is 49.6 Å². The fourth-order valence-corrected chi connectivity index (χ4v) is 4.88. The Balaban J connectivity index is 1.35. The van der Waals surface area contributed by atoms with Crippen LogP contribution in [-0.2, 0) is 17.5 Å². The van der Waals surface area contributed by atoms with Gasteiger partial charge in [-0.3, -0.25) is 9.59 Å². The van der Waals surface area contributed by atoms with Gasteiger partial charge < -0.3 is 19.8 Å². The molecule has 0 spiro atoms. The molecule has 33 heavy (non-hydrogen) atoms. The van der Waals surface area contributed by atoms with E-state index in [0.717, 1.165) is 31.2 Å². The predicted molar refractivity (Wildman–Crippen MR) is 108 cm³/mol. The molecule has 176 valence electrons. The van der Waals surface area contributed by atoms with Crippen molar-refractivity contribution in [2.45, 2.75) is 75.4 Å². The van der Waals surface area contributed by atoms with E-state index < -0.39 is 17.7 Å². The van der Waals surface area contributed by atoms with Gasteiger partial charge in [0.25, 0.3) is 11.8 Å². The number of nitrogens with one attached hydrogen (secondary N) is 1. The molecule has 11 heteroatoms. The zero-order valence-corrected chi connectivity index (χ0v) is 17.7. The summed E-state index contributed by atoms with van der Waals surface area (Å²) in [4.78, 5) is 30.9. The van der Waals surface area contributed by atoms with E-state index in [1.165, 1.54) is 6.07 Å². The van der Waals surface area contributed by atoms with E-state index in [1.54, 1.807) is 17.0 Å². The van der Waals surface area contributed by atoms with Crippen LogP contribution >= 0.6 is 0 Å². The first-order valence-corrected chi connectivity index (χ1v) is 11.0. The minimum atomic E-state index is -4.75. The Morgan fingerprint density at radius 1 is 1.21 bits per heavy atom. The van der Waals surface area contributed by atoms with E-state index in [0.29, 0.717) is 31.4 Å². The molecule has 1 aromatic carbocycles. The highest BCUT2D eigenvalue weighted by molar-refractivity contribution is 5.99. The van der Waals surface area contributed by atoms with E-state index in [9.17, 15) is 27.9 Å². The van der Waals surface area contributed by atoms with Crippen LogP contribution in [0.1, 0.15) is 66.8 Å². The van der Waals surface area contributed by atoms with Gasteiger partial charge in [-0.05, 0) is 43.7 Å². The van der Waals surface area contributed by atoms with Crippen LogP contribution in [0.15, 0.2) is 22.7 Å². The van der Waals surface area contributed by atoms with Gasteiger partial charge in [0.1, 0.15) is 5.60 Å². The molecule has 0 saturated heterocycles. The lowest BCUT2D eigenvalue weighted by Crippen LogP contribution is -2.59. The van der Waals surface area contributed by atoms with Crippen molar-refractivity contribution in [1.82, 2.24) is 20.4 Å². The van der Waals surface area contributed by atoms with Gasteiger partial charge in [-0.15, -0.1) is 0 Å². The quantitative estimate of drug-likeness (QED) is 0.720. The number of hydrogen-bond acceptors (Lipinski definition) is 6. The van der Waals surface area contributed by atoms with Gasteiger partial charge >= 0.3 is 12.1 Å². The molecule has 1 aliphatic heterocycles. The molecule has 2 fully saturated rings. The number of aliphatic hydroxyl groups is 1. The predicted octanol–water partition coefficient (Wildman–Crippen LogP) is 3.05. The average molecular weight is 464 g/mol. The molecular weight excluding hydrogens is 441 g/mol. The molecule has 8 nitrogen and oxygen atoms in total. The number of aromatic nitrogens is 2. The van der Waals surface area contributed by atoms with Gasteiger partial charge in [0.05, 0.1) is 6.04 Å². The minimum Gasteiger partial charge on any atom is -0.380 e. The second-order valence-corrected chi connectivity index (χ2v) is 9.04. The van der Waals surface area contributed by atoms with E-state index in [1.807, 2.05) is 0 Å². The summed E-state index contributed by atoms with van der Waals surface area (Å²) in [6.07, 6.45) is 0.204. The lowest BCUT2D eigenvalue weighted by molar-refractivity contribution is -0.159. The highest BCUT2D eigenvalue weighted by atomic mass is 19.4. The van der Waals surface area contributed by atoms with Crippen molar-refractivity contribution in [3.05, 3.63) is 35.2 Å². The monoisotopic (exact) mass is 464 g/mol. The normalized spacial score (nSPS) is 24.4. The average Bonchev–Trinajstić information content (AvgIpc) is 3.38. The highest BCUT2D eigenvalue weighted by Gasteiger charge is 2.45. The lowest BCUT2D eigenvalue weighted by Gasteiger charge is -2.41. The number of rotatable bonds is 4. The first-order valence-electron chi connectivity index (χ1n) is 11.0. The van der Waals surface area contributed by atoms with E-state index in [-0.39, 0.29) is 35.3 Å². The fraction of sp³-hybridized carbons (Fsp3) is 0.545. The van der Waals surface area contributed by atoms with Gasteiger partial charge in [-0.2, -0.15) is 18.2 Å². The Hall–Kier alpha value is -2.95. The summed E-state index contributed by atoms with van der Waals surface area (Å²) < 4.78 is 42.6. The van der Waals surface area contributed by atoms with Crippen LogP contribution in [0.5, 0.6) is 0 Å². The first kappa shape index (κ1) is 21.9. The zero-order chi connectivity index (χ0) is 23.4. The maximum Gasteiger partial charge on any atom is 0.471 e. The number of carbonyl (C=O) groups excluding carboxylic acids is 2. The van der Waals surface area contributed by atoms with Crippen LogP contribution in [0.3, 0.4) is 0 Å². The summed E-state index contributed by atoms with van der Waals surface area (Å²) in [7, 11) is 0. The van der Waals surface area contributed by atoms with Gasteiger partial charge in [0, 0.05) is 23.7 Å². The number of amides is 2. The third kappa shape index (κ3) is 3.88. The number of alkyl halides is 3. The molecule has 2 aliphatic carbocycles. The van der Waals surface area contributed by atoms with Crippen molar-refractivity contribution in [3.63, 3.8) is 0 Å². The number of benzene rings is 1. The van der Waals surface area contributed by atoms with Crippen molar-refractivity contribution < 1.29 is 32.4 Å². The molecule has 5 rings (SSSR count). The molecule has 2 saturated carbocycles. The topological polar surface area (TPSA) is 109 Å². The lowest BCUT2D eigenvalue weighted by atomic mass is 9.79. The van der Waals surface area contributed by atoms with E-state index >= 15 is 0 Å².